The average Bonchev–Trinajstić information content (AvgIpc) is 2.78. The molecule has 2 aliphatic rings. The number of hydrogen-bond acceptors (Lipinski definition) is 9. The zero-order valence-corrected chi connectivity index (χ0v) is 20.2. The maximum atomic E-state index is 11.4. The zero-order chi connectivity index (χ0) is 24.6. The van der Waals surface area contributed by atoms with Crippen molar-refractivity contribution in [1.82, 2.24) is 4.90 Å². The highest BCUT2D eigenvalue weighted by molar-refractivity contribution is 7.99. The van der Waals surface area contributed by atoms with Gasteiger partial charge in [-0.3, -0.25) is 0 Å². The molecule has 0 saturated carbocycles. The van der Waals surface area contributed by atoms with Gasteiger partial charge in [-0.05, 0) is 63.5 Å². The van der Waals surface area contributed by atoms with E-state index in [1.807, 2.05) is 38.4 Å². The number of nitrogens with zero attached hydrogens (tertiary/aromatic N) is 2. The number of halogens is 1. The standard InChI is InChI=1S/C23H27ClN2O7S/c1-25(2)8-3-9-26-14-6-5-13(11-17(14)34-16-7-4-12(24)10-15(16)26)32-23-20(29)18(27)19(28)21(33-23)22(30)31/h4-7,10-11,18-21,23,27-29H,3,8-9H2,1-2H3,(H,30,31)/t18-,19-,20+,21-,23+/m0/s1. The molecule has 1 fully saturated rings. The lowest BCUT2D eigenvalue weighted by molar-refractivity contribution is -0.271. The SMILES string of the molecule is CN(C)CCCN1c2ccc(O[C@@H]3O[C@H](C(=O)O)[C@@H](O)[C@H](O)[C@H]3O)cc2Sc2ccc(Cl)cc21. The summed E-state index contributed by atoms with van der Waals surface area (Å²) in [6, 6.07) is 11.1. The second-order valence-electron chi connectivity index (χ2n) is 8.51. The maximum Gasteiger partial charge on any atom is 0.335 e. The number of carbonyl (C=O) groups is 1. The predicted molar refractivity (Wildman–Crippen MR) is 127 cm³/mol. The van der Waals surface area contributed by atoms with Gasteiger partial charge in [0.15, 0.2) is 6.10 Å². The quantitative estimate of drug-likeness (QED) is 0.440. The number of ether oxygens (including phenoxy) is 2. The van der Waals surface area contributed by atoms with Crippen LogP contribution in [0.25, 0.3) is 0 Å². The highest BCUT2D eigenvalue weighted by Gasteiger charge is 2.48. The molecule has 0 bridgehead atoms. The van der Waals surface area contributed by atoms with Gasteiger partial charge in [-0.1, -0.05) is 23.4 Å². The molecule has 2 aliphatic heterocycles. The molecular weight excluding hydrogens is 484 g/mol. The molecule has 0 aliphatic carbocycles. The van der Waals surface area contributed by atoms with Gasteiger partial charge >= 0.3 is 5.97 Å². The van der Waals surface area contributed by atoms with Gasteiger partial charge < -0.3 is 39.7 Å². The summed E-state index contributed by atoms with van der Waals surface area (Å²) < 4.78 is 11.0. The molecule has 0 aromatic heterocycles. The molecule has 184 valence electrons. The van der Waals surface area contributed by atoms with E-state index < -0.39 is 36.7 Å². The van der Waals surface area contributed by atoms with Crippen LogP contribution in [0.5, 0.6) is 5.75 Å². The van der Waals surface area contributed by atoms with Gasteiger partial charge in [0.05, 0.1) is 11.4 Å². The Balaban J connectivity index is 1.59. The second kappa shape index (κ2) is 10.3. The van der Waals surface area contributed by atoms with Crippen LogP contribution < -0.4 is 9.64 Å². The Bertz CT molecular complexity index is 1060. The van der Waals surface area contributed by atoms with E-state index in [1.54, 1.807) is 23.9 Å². The number of anilines is 2. The summed E-state index contributed by atoms with van der Waals surface area (Å²) in [4.78, 5) is 17.6. The number of benzene rings is 2. The Morgan fingerprint density at radius 3 is 2.56 bits per heavy atom. The molecule has 5 atom stereocenters. The van der Waals surface area contributed by atoms with Gasteiger partial charge in [0.1, 0.15) is 24.1 Å². The van der Waals surface area contributed by atoms with Crippen molar-refractivity contribution < 1.29 is 34.7 Å². The number of fused-ring (bicyclic) bond motifs is 2. The smallest absolute Gasteiger partial charge is 0.335 e. The van der Waals surface area contributed by atoms with Gasteiger partial charge in [0, 0.05) is 21.4 Å². The number of rotatable bonds is 7. The molecule has 9 nitrogen and oxygen atoms in total. The Labute approximate surface area is 206 Å². The number of hydrogen-bond donors (Lipinski definition) is 4. The molecule has 34 heavy (non-hydrogen) atoms. The summed E-state index contributed by atoms with van der Waals surface area (Å²) in [5, 5.41) is 40.1. The fourth-order valence-corrected chi connectivity index (χ4v) is 5.25. The van der Waals surface area contributed by atoms with Crippen LogP contribution in [0.3, 0.4) is 0 Å². The van der Waals surface area contributed by atoms with Gasteiger partial charge in [0.2, 0.25) is 6.29 Å². The molecule has 2 heterocycles. The molecule has 2 aromatic carbocycles. The van der Waals surface area contributed by atoms with E-state index in [-0.39, 0.29) is 0 Å². The van der Waals surface area contributed by atoms with E-state index in [0.29, 0.717) is 10.8 Å². The fraction of sp³-hybridized carbons (Fsp3) is 0.435. The van der Waals surface area contributed by atoms with E-state index in [4.69, 9.17) is 21.1 Å². The molecule has 2 aromatic rings. The van der Waals surface area contributed by atoms with Crippen molar-refractivity contribution in [1.29, 1.82) is 0 Å². The molecule has 0 amide bonds. The van der Waals surface area contributed by atoms with Crippen LogP contribution in [0.1, 0.15) is 6.42 Å². The van der Waals surface area contributed by atoms with Crippen molar-refractivity contribution in [3.8, 4) is 5.75 Å². The van der Waals surface area contributed by atoms with Crippen molar-refractivity contribution in [3.63, 3.8) is 0 Å². The predicted octanol–water partition coefficient (Wildman–Crippen LogP) is 2.17. The average molecular weight is 511 g/mol. The van der Waals surface area contributed by atoms with Crippen LogP contribution in [0.4, 0.5) is 11.4 Å². The number of carboxylic acids is 1. The number of carboxylic acid groups (broad SMARTS) is 1. The molecular formula is C23H27ClN2O7S. The summed E-state index contributed by atoms with van der Waals surface area (Å²) in [6.07, 6.45) is -7.38. The van der Waals surface area contributed by atoms with Gasteiger partial charge in [-0.25, -0.2) is 4.79 Å². The number of aliphatic carboxylic acids is 1. The summed E-state index contributed by atoms with van der Waals surface area (Å²) in [5.74, 6) is -1.13. The molecule has 0 unspecified atom stereocenters. The zero-order valence-electron chi connectivity index (χ0n) is 18.7. The summed E-state index contributed by atoms with van der Waals surface area (Å²) in [7, 11) is 4.06. The summed E-state index contributed by atoms with van der Waals surface area (Å²) in [5.41, 5.74) is 1.99. The summed E-state index contributed by atoms with van der Waals surface area (Å²) in [6.45, 7) is 1.69. The molecule has 4 N–H and O–H groups in total. The normalized spacial score (nSPS) is 26.2. The first kappa shape index (κ1) is 25.1. The largest absolute Gasteiger partial charge is 0.479 e. The number of aliphatic hydroxyl groups excluding tert-OH is 3. The van der Waals surface area contributed by atoms with E-state index in [0.717, 1.165) is 40.7 Å². The van der Waals surface area contributed by atoms with E-state index in [2.05, 4.69) is 9.80 Å². The van der Waals surface area contributed by atoms with Gasteiger partial charge in [-0.2, -0.15) is 0 Å². The van der Waals surface area contributed by atoms with Crippen LogP contribution in [0, 0.1) is 0 Å². The molecule has 0 spiro atoms. The van der Waals surface area contributed by atoms with Crippen molar-refractivity contribution >= 4 is 40.7 Å². The topological polar surface area (TPSA) is 123 Å². The van der Waals surface area contributed by atoms with E-state index in [9.17, 15) is 25.2 Å². The third-order valence-corrected chi connectivity index (χ3v) is 7.05. The van der Waals surface area contributed by atoms with E-state index >= 15 is 0 Å². The van der Waals surface area contributed by atoms with Gasteiger partial charge in [-0.15, -0.1) is 0 Å². The Hall–Kier alpha value is -2.05. The lowest BCUT2D eigenvalue weighted by Crippen LogP contribution is -2.61. The minimum atomic E-state index is -1.77. The first-order valence-corrected chi connectivity index (χ1v) is 12.0. The Morgan fingerprint density at radius 2 is 1.85 bits per heavy atom. The molecule has 1 saturated heterocycles. The van der Waals surface area contributed by atoms with Crippen LogP contribution >= 0.6 is 23.4 Å². The Kier molecular flexibility index (Phi) is 7.58. The maximum absolute atomic E-state index is 11.4. The van der Waals surface area contributed by atoms with Crippen molar-refractivity contribution in [2.24, 2.45) is 0 Å². The third kappa shape index (κ3) is 5.13. The minimum Gasteiger partial charge on any atom is -0.479 e. The van der Waals surface area contributed by atoms with Crippen molar-refractivity contribution in [2.45, 2.75) is 46.9 Å². The lowest BCUT2D eigenvalue weighted by atomic mass is 9.99. The van der Waals surface area contributed by atoms with E-state index in [1.165, 1.54) is 0 Å². The highest BCUT2D eigenvalue weighted by atomic mass is 35.5. The van der Waals surface area contributed by atoms with Crippen LogP contribution in [0.2, 0.25) is 5.02 Å². The van der Waals surface area contributed by atoms with Crippen LogP contribution in [0.15, 0.2) is 46.2 Å². The molecule has 0 radical (unpaired) electrons. The fourth-order valence-electron chi connectivity index (χ4n) is 3.98. The molecule has 4 rings (SSSR count). The second-order valence-corrected chi connectivity index (χ2v) is 10.0. The van der Waals surface area contributed by atoms with Crippen molar-refractivity contribution in [3.05, 3.63) is 41.4 Å². The number of aliphatic hydroxyl groups is 3. The first-order chi connectivity index (χ1) is 16.2. The van der Waals surface area contributed by atoms with Crippen molar-refractivity contribution in [2.75, 3.05) is 32.1 Å². The Morgan fingerprint density at radius 1 is 1.09 bits per heavy atom. The highest BCUT2D eigenvalue weighted by Crippen LogP contribution is 2.50. The first-order valence-electron chi connectivity index (χ1n) is 10.8. The van der Waals surface area contributed by atoms with Crippen LogP contribution in [-0.4, -0.2) is 89.2 Å². The monoisotopic (exact) mass is 510 g/mol. The summed E-state index contributed by atoms with van der Waals surface area (Å²) >= 11 is 7.82. The van der Waals surface area contributed by atoms with Gasteiger partial charge in [0.25, 0.3) is 0 Å². The lowest BCUT2D eigenvalue weighted by Gasteiger charge is -2.38. The third-order valence-electron chi connectivity index (χ3n) is 5.71. The molecule has 11 heteroatoms. The minimum absolute atomic E-state index is 0.327. The van der Waals surface area contributed by atoms with Crippen LogP contribution in [-0.2, 0) is 9.53 Å².